The fourth-order valence-electron chi connectivity index (χ4n) is 4.25. The molecule has 182 valence electrons. The second-order valence-corrected chi connectivity index (χ2v) is 8.58. The molecule has 0 saturated carbocycles. The second kappa shape index (κ2) is 10.7. The van der Waals surface area contributed by atoms with Crippen molar-refractivity contribution in [2.45, 2.75) is 25.9 Å². The summed E-state index contributed by atoms with van der Waals surface area (Å²) in [5, 5.41) is 14.7. The minimum atomic E-state index is -0.661. The molecule has 0 radical (unpaired) electrons. The zero-order chi connectivity index (χ0) is 23.5. The van der Waals surface area contributed by atoms with Crippen molar-refractivity contribution < 1.29 is 9.53 Å². The van der Waals surface area contributed by atoms with E-state index >= 15 is 0 Å². The number of rotatable bonds is 7. The fourth-order valence-corrected chi connectivity index (χ4v) is 4.25. The van der Waals surface area contributed by atoms with Gasteiger partial charge in [-0.25, -0.2) is 9.97 Å². The van der Waals surface area contributed by atoms with Crippen LogP contribution in [0.5, 0.6) is 5.75 Å². The molecule has 9 nitrogen and oxygen atoms in total. The Morgan fingerprint density at radius 1 is 1.17 bits per heavy atom. The van der Waals surface area contributed by atoms with Gasteiger partial charge >= 0.3 is 0 Å². The van der Waals surface area contributed by atoms with E-state index in [1.54, 1.807) is 12.4 Å². The van der Waals surface area contributed by atoms with Crippen molar-refractivity contribution in [3.05, 3.63) is 60.4 Å². The number of nitrogens with zero attached hydrogens (tertiary/aromatic N) is 3. The molecule has 2 aromatic heterocycles. The van der Waals surface area contributed by atoms with Crippen LogP contribution in [0.4, 0.5) is 11.5 Å². The molecule has 1 aliphatic heterocycles. The molecule has 1 unspecified atom stereocenters. The summed E-state index contributed by atoms with van der Waals surface area (Å²) in [6.45, 7) is 3.68. The first-order valence-corrected chi connectivity index (χ1v) is 11.4. The number of aromatic amines is 1. The average molecular weight is 494 g/mol. The summed E-state index contributed by atoms with van der Waals surface area (Å²) >= 11 is 0. The summed E-state index contributed by atoms with van der Waals surface area (Å²) < 4.78 is 6.08. The lowest BCUT2D eigenvalue weighted by molar-refractivity contribution is -0.127. The molecule has 5 rings (SSSR count). The van der Waals surface area contributed by atoms with Crippen LogP contribution in [-0.4, -0.2) is 45.3 Å². The van der Waals surface area contributed by atoms with Crippen molar-refractivity contribution in [1.29, 1.82) is 0 Å². The SMILES string of the molecule is Cc1cnc(-c2cccc(OC(C(N)=O)C3CCNCC3)c2)nc1Nc1ccc2[nH]ncc2c1.Cl. The van der Waals surface area contributed by atoms with E-state index < -0.39 is 12.0 Å². The fraction of sp³-hybridized carbons (Fsp3) is 0.280. The lowest BCUT2D eigenvalue weighted by atomic mass is 9.91. The van der Waals surface area contributed by atoms with Crippen molar-refractivity contribution in [3.8, 4) is 17.1 Å². The first kappa shape index (κ1) is 24.4. The monoisotopic (exact) mass is 493 g/mol. The number of nitrogens with one attached hydrogen (secondary N) is 3. The van der Waals surface area contributed by atoms with Crippen molar-refractivity contribution in [3.63, 3.8) is 0 Å². The smallest absolute Gasteiger partial charge is 0.258 e. The Hall–Kier alpha value is -3.69. The zero-order valence-electron chi connectivity index (χ0n) is 19.3. The van der Waals surface area contributed by atoms with Crippen LogP contribution in [0.1, 0.15) is 18.4 Å². The molecule has 4 aromatic rings. The molecular formula is C25H28ClN7O2. The molecule has 1 atom stereocenters. The van der Waals surface area contributed by atoms with Gasteiger partial charge < -0.3 is 21.1 Å². The molecular weight excluding hydrogens is 466 g/mol. The third-order valence-corrected chi connectivity index (χ3v) is 6.12. The predicted octanol–water partition coefficient (Wildman–Crippen LogP) is 3.73. The van der Waals surface area contributed by atoms with Crippen molar-refractivity contribution in [2.75, 3.05) is 18.4 Å². The van der Waals surface area contributed by atoms with Crippen LogP contribution in [0.15, 0.2) is 54.9 Å². The molecule has 1 saturated heterocycles. The normalized spacial score (nSPS) is 14.8. The Kier molecular flexibility index (Phi) is 7.48. The van der Waals surface area contributed by atoms with Gasteiger partial charge in [0.05, 0.1) is 11.7 Å². The number of H-pyrrole nitrogens is 1. The van der Waals surface area contributed by atoms with E-state index in [0.717, 1.165) is 53.6 Å². The summed E-state index contributed by atoms with van der Waals surface area (Å²) in [6, 6.07) is 13.4. The lowest BCUT2D eigenvalue weighted by Crippen LogP contribution is -2.44. The summed E-state index contributed by atoms with van der Waals surface area (Å²) in [6.07, 6.45) is 4.62. The Balaban J connectivity index is 0.00000289. The molecule has 0 bridgehead atoms. The third kappa shape index (κ3) is 5.52. The number of anilines is 2. The topological polar surface area (TPSA) is 131 Å². The van der Waals surface area contributed by atoms with Gasteiger partial charge in [-0.1, -0.05) is 12.1 Å². The Morgan fingerprint density at radius 2 is 2.00 bits per heavy atom. The van der Waals surface area contributed by atoms with E-state index in [0.29, 0.717) is 17.4 Å². The van der Waals surface area contributed by atoms with Gasteiger partial charge in [0.1, 0.15) is 11.6 Å². The summed E-state index contributed by atoms with van der Waals surface area (Å²) in [5.41, 5.74) is 9.27. The van der Waals surface area contributed by atoms with Gasteiger partial charge in [0, 0.05) is 34.3 Å². The molecule has 2 aromatic carbocycles. The van der Waals surface area contributed by atoms with Crippen LogP contribution >= 0.6 is 12.4 Å². The van der Waals surface area contributed by atoms with Gasteiger partial charge in [0.2, 0.25) is 0 Å². The Labute approximate surface area is 209 Å². The minimum absolute atomic E-state index is 0. The van der Waals surface area contributed by atoms with Gasteiger partial charge in [-0.05, 0) is 63.2 Å². The highest BCUT2D eigenvalue weighted by atomic mass is 35.5. The number of aromatic nitrogens is 4. The molecule has 1 amide bonds. The summed E-state index contributed by atoms with van der Waals surface area (Å²) in [4.78, 5) is 21.4. The van der Waals surface area contributed by atoms with Crippen molar-refractivity contribution in [2.24, 2.45) is 11.7 Å². The second-order valence-electron chi connectivity index (χ2n) is 8.58. The lowest BCUT2D eigenvalue weighted by Gasteiger charge is -2.29. The van der Waals surface area contributed by atoms with Crippen LogP contribution in [0.3, 0.4) is 0 Å². The number of piperidine rings is 1. The van der Waals surface area contributed by atoms with E-state index in [1.807, 2.05) is 49.4 Å². The molecule has 5 N–H and O–H groups in total. The number of carbonyl (C=O) groups is 1. The van der Waals surface area contributed by atoms with Gasteiger partial charge in [-0.2, -0.15) is 5.10 Å². The van der Waals surface area contributed by atoms with E-state index in [-0.39, 0.29) is 18.3 Å². The number of nitrogens with two attached hydrogens (primary N) is 1. The summed E-state index contributed by atoms with van der Waals surface area (Å²) in [7, 11) is 0. The molecule has 3 heterocycles. The maximum Gasteiger partial charge on any atom is 0.258 e. The number of carbonyl (C=O) groups excluding carboxylic acids is 1. The third-order valence-electron chi connectivity index (χ3n) is 6.12. The first-order chi connectivity index (χ1) is 16.6. The minimum Gasteiger partial charge on any atom is -0.480 e. The van der Waals surface area contributed by atoms with Gasteiger partial charge in [-0.3, -0.25) is 9.89 Å². The number of halogens is 1. The van der Waals surface area contributed by atoms with Gasteiger partial charge in [0.25, 0.3) is 5.91 Å². The van der Waals surface area contributed by atoms with E-state index in [2.05, 4.69) is 25.8 Å². The molecule has 0 spiro atoms. The number of fused-ring (bicyclic) bond motifs is 1. The largest absolute Gasteiger partial charge is 0.480 e. The van der Waals surface area contributed by atoms with Crippen LogP contribution in [0.2, 0.25) is 0 Å². The predicted molar refractivity (Wildman–Crippen MR) is 138 cm³/mol. The van der Waals surface area contributed by atoms with Crippen LogP contribution < -0.4 is 21.1 Å². The first-order valence-electron chi connectivity index (χ1n) is 11.4. The number of benzene rings is 2. The standard InChI is InChI=1S/C25H27N7O2.ClH/c1-15-13-28-25(31-24(15)30-19-5-6-21-18(11-19)14-29-32-21)17-3-2-4-20(12-17)34-22(23(26)33)16-7-9-27-10-8-16;/h2-6,11-14,16,22,27H,7-10H2,1H3,(H2,26,33)(H,29,32)(H,28,30,31);1H. The van der Waals surface area contributed by atoms with E-state index in [9.17, 15) is 4.79 Å². The highest BCUT2D eigenvalue weighted by Crippen LogP contribution is 2.28. The number of primary amides is 1. The van der Waals surface area contributed by atoms with E-state index in [1.165, 1.54) is 0 Å². The quantitative estimate of drug-likeness (QED) is 0.308. The van der Waals surface area contributed by atoms with Crippen LogP contribution in [0.25, 0.3) is 22.3 Å². The van der Waals surface area contributed by atoms with Gasteiger partial charge in [-0.15, -0.1) is 12.4 Å². The number of aryl methyl sites for hydroxylation is 1. The zero-order valence-corrected chi connectivity index (χ0v) is 20.1. The maximum absolute atomic E-state index is 12.1. The highest BCUT2D eigenvalue weighted by Gasteiger charge is 2.29. The number of hydrogen-bond donors (Lipinski definition) is 4. The maximum atomic E-state index is 12.1. The van der Waals surface area contributed by atoms with E-state index in [4.69, 9.17) is 15.5 Å². The number of hydrogen-bond acceptors (Lipinski definition) is 7. The van der Waals surface area contributed by atoms with Gasteiger partial charge in [0.15, 0.2) is 11.9 Å². The number of amides is 1. The Bertz CT molecular complexity index is 1320. The average Bonchev–Trinajstić information content (AvgIpc) is 3.32. The molecule has 10 heteroatoms. The highest BCUT2D eigenvalue weighted by molar-refractivity contribution is 5.85. The van der Waals surface area contributed by atoms with Crippen molar-refractivity contribution >= 4 is 40.7 Å². The summed E-state index contributed by atoms with van der Waals surface area (Å²) in [5.74, 6) is 1.50. The molecule has 0 aliphatic carbocycles. The van der Waals surface area contributed by atoms with Crippen molar-refractivity contribution in [1.82, 2.24) is 25.5 Å². The molecule has 35 heavy (non-hydrogen) atoms. The number of ether oxygens (including phenoxy) is 1. The van der Waals surface area contributed by atoms with Crippen LogP contribution in [-0.2, 0) is 4.79 Å². The Morgan fingerprint density at radius 3 is 2.80 bits per heavy atom. The van der Waals surface area contributed by atoms with Crippen LogP contribution in [0, 0.1) is 12.8 Å². The molecule has 1 aliphatic rings. The molecule has 1 fully saturated rings.